The van der Waals surface area contributed by atoms with Crippen LogP contribution in [0.5, 0.6) is 5.75 Å². The number of halogens is 2. The van der Waals surface area contributed by atoms with Crippen LogP contribution in [0, 0.1) is 5.92 Å². The summed E-state index contributed by atoms with van der Waals surface area (Å²) in [6.45, 7) is 4.18. The molecular formula is C19H23Cl2N3O5S. The Hall–Kier alpha value is -1.97. The predicted molar refractivity (Wildman–Crippen MR) is 113 cm³/mol. The highest BCUT2D eigenvalue weighted by Crippen LogP contribution is 2.35. The molecule has 30 heavy (non-hydrogen) atoms. The van der Waals surface area contributed by atoms with Crippen molar-refractivity contribution < 1.29 is 22.1 Å². The minimum Gasteiger partial charge on any atom is -0.449 e. The van der Waals surface area contributed by atoms with Gasteiger partial charge in [0, 0.05) is 35.1 Å². The fourth-order valence-electron chi connectivity index (χ4n) is 3.07. The minimum absolute atomic E-state index is 0.00120. The van der Waals surface area contributed by atoms with E-state index in [1.807, 2.05) is 13.8 Å². The summed E-state index contributed by atoms with van der Waals surface area (Å²) in [5, 5.41) is 0.509. The predicted octanol–water partition coefficient (Wildman–Crippen LogP) is 4.13. The van der Waals surface area contributed by atoms with Gasteiger partial charge >= 0.3 is 16.2 Å². The Morgan fingerprint density at radius 3 is 2.43 bits per heavy atom. The Bertz CT molecular complexity index is 1030. The molecule has 0 spiro atoms. The number of primary amides is 1. The zero-order valence-corrected chi connectivity index (χ0v) is 18.9. The summed E-state index contributed by atoms with van der Waals surface area (Å²) in [7, 11) is -4.24. The molecule has 0 saturated heterocycles. The van der Waals surface area contributed by atoms with Gasteiger partial charge in [-0.3, -0.25) is 0 Å². The third-order valence-corrected chi connectivity index (χ3v) is 6.31. The van der Waals surface area contributed by atoms with Crippen LogP contribution >= 0.6 is 23.2 Å². The summed E-state index contributed by atoms with van der Waals surface area (Å²) in [5.41, 5.74) is 5.41. The first-order valence-corrected chi connectivity index (χ1v) is 11.7. The number of benzene rings is 1. The van der Waals surface area contributed by atoms with E-state index < -0.39 is 16.2 Å². The number of amides is 1. The summed E-state index contributed by atoms with van der Waals surface area (Å²) in [6, 6.07) is 4.24. The second kappa shape index (κ2) is 9.03. The molecule has 3 rings (SSSR count). The second-order valence-electron chi connectivity index (χ2n) is 7.49. The van der Waals surface area contributed by atoms with Crippen molar-refractivity contribution in [3.63, 3.8) is 0 Å². The number of nitrogens with zero attached hydrogens (tertiary/aromatic N) is 2. The van der Waals surface area contributed by atoms with Crippen molar-refractivity contribution in [3.05, 3.63) is 39.8 Å². The van der Waals surface area contributed by atoms with E-state index in [0.717, 1.165) is 12.8 Å². The summed E-state index contributed by atoms with van der Waals surface area (Å²) >= 11 is 11.9. The van der Waals surface area contributed by atoms with Crippen molar-refractivity contribution in [1.29, 1.82) is 0 Å². The number of nitrogens with two attached hydrogens (primary N) is 1. The number of aromatic nitrogens is 2. The van der Waals surface area contributed by atoms with Gasteiger partial charge in [-0.25, -0.2) is 9.78 Å². The Kier molecular flexibility index (Phi) is 6.84. The van der Waals surface area contributed by atoms with Gasteiger partial charge in [0.25, 0.3) is 0 Å². The third-order valence-electron chi connectivity index (χ3n) is 4.56. The fourth-order valence-corrected chi connectivity index (χ4v) is 4.99. The van der Waals surface area contributed by atoms with Crippen molar-refractivity contribution in [2.75, 3.05) is 6.61 Å². The van der Waals surface area contributed by atoms with E-state index in [2.05, 4.69) is 4.98 Å². The molecule has 1 aromatic heterocycles. The molecule has 0 bridgehead atoms. The van der Waals surface area contributed by atoms with E-state index in [1.54, 1.807) is 4.57 Å². The zero-order chi connectivity index (χ0) is 22.1. The lowest BCUT2D eigenvalue weighted by Crippen LogP contribution is -2.20. The van der Waals surface area contributed by atoms with Crippen LogP contribution in [0.2, 0.25) is 10.0 Å². The second-order valence-corrected chi connectivity index (χ2v) is 9.82. The molecule has 2 aromatic rings. The summed E-state index contributed by atoms with van der Waals surface area (Å²) in [5.74, 6) is 0.695. The van der Waals surface area contributed by atoms with E-state index in [-0.39, 0.29) is 39.8 Å². The highest BCUT2D eigenvalue weighted by Gasteiger charge is 2.34. The van der Waals surface area contributed by atoms with Gasteiger partial charge in [0.15, 0.2) is 5.03 Å². The van der Waals surface area contributed by atoms with Gasteiger partial charge in [0.1, 0.15) is 18.2 Å². The molecule has 1 aliphatic rings. The maximum absolute atomic E-state index is 13.3. The molecule has 1 heterocycles. The van der Waals surface area contributed by atoms with Crippen LogP contribution in [0.3, 0.4) is 0 Å². The summed E-state index contributed by atoms with van der Waals surface area (Å²) in [6.07, 6.45) is 1.36. The molecule has 0 aliphatic heterocycles. The van der Waals surface area contributed by atoms with Crippen molar-refractivity contribution in [2.45, 2.75) is 50.6 Å². The Balaban J connectivity index is 2.03. The maximum Gasteiger partial charge on any atom is 0.404 e. The van der Waals surface area contributed by atoms with E-state index in [1.165, 1.54) is 18.2 Å². The first kappa shape index (κ1) is 22.7. The van der Waals surface area contributed by atoms with Gasteiger partial charge in [-0.1, -0.05) is 37.0 Å². The molecule has 1 aliphatic carbocycles. The molecule has 1 fully saturated rings. The minimum atomic E-state index is -4.24. The number of ether oxygens (including phenoxy) is 1. The van der Waals surface area contributed by atoms with Crippen molar-refractivity contribution in [3.8, 4) is 5.75 Å². The van der Waals surface area contributed by atoms with Crippen molar-refractivity contribution >= 4 is 39.4 Å². The number of hydrogen-bond acceptors (Lipinski definition) is 6. The van der Waals surface area contributed by atoms with Crippen LogP contribution in [0.25, 0.3) is 0 Å². The molecule has 164 valence electrons. The molecule has 8 nitrogen and oxygen atoms in total. The molecule has 0 atom stereocenters. The van der Waals surface area contributed by atoms with E-state index in [9.17, 15) is 13.2 Å². The lowest BCUT2D eigenvalue weighted by molar-refractivity contribution is 0.157. The molecular weight excluding hydrogens is 453 g/mol. The number of imidazole rings is 1. The van der Waals surface area contributed by atoms with Crippen LogP contribution in [-0.2, 0) is 27.8 Å². The van der Waals surface area contributed by atoms with Gasteiger partial charge in [-0.05, 0) is 30.7 Å². The molecule has 1 amide bonds. The quantitative estimate of drug-likeness (QED) is 0.545. The first-order valence-electron chi connectivity index (χ1n) is 9.49. The fraction of sp³-hybridized carbons (Fsp3) is 0.474. The number of hydrogen-bond donors (Lipinski definition) is 1. The van der Waals surface area contributed by atoms with Crippen molar-refractivity contribution in [1.82, 2.24) is 9.55 Å². The summed E-state index contributed by atoms with van der Waals surface area (Å²) in [4.78, 5) is 15.4. The molecule has 0 radical (unpaired) electrons. The summed E-state index contributed by atoms with van der Waals surface area (Å²) < 4.78 is 38.4. The normalized spacial score (nSPS) is 14.2. The number of rotatable bonds is 9. The standard InChI is InChI=1S/C19H23Cl2N3O5S/c1-11(2)17-18(30(26,27)29-15-8-13(20)7-14(21)9-15)24(10-12-3-4-12)16(23-17)5-6-28-19(22)25/h7-9,11-12H,3-6,10H2,1-2H3,(H2,22,25). The van der Waals surface area contributed by atoms with Crippen LogP contribution in [0.1, 0.15) is 44.1 Å². The molecule has 0 unspecified atom stereocenters. The Morgan fingerprint density at radius 2 is 1.90 bits per heavy atom. The lowest BCUT2D eigenvalue weighted by Gasteiger charge is -2.14. The van der Waals surface area contributed by atoms with Crippen LogP contribution in [0.15, 0.2) is 23.2 Å². The van der Waals surface area contributed by atoms with Crippen molar-refractivity contribution in [2.24, 2.45) is 11.7 Å². The highest BCUT2D eigenvalue weighted by atomic mass is 35.5. The van der Waals surface area contributed by atoms with E-state index >= 15 is 0 Å². The van der Waals surface area contributed by atoms with E-state index in [0.29, 0.717) is 24.0 Å². The molecule has 2 N–H and O–H groups in total. The monoisotopic (exact) mass is 475 g/mol. The first-order chi connectivity index (χ1) is 14.1. The topological polar surface area (TPSA) is 114 Å². The average Bonchev–Trinajstić information content (AvgIpc) is 3.33. The average molecular weight is 476 g/mol. The largest absolute Gasteiger partial charge is 0.449 e. The molecule has 1 aromatic carbocycles. The van der Waals surface area contributed by atoms with Gasteiger partial charge in [-0.2, -0.15) is 8.42 Å². The van der Waals surface area contributed by atoms with Crippen LogP contribution in [-0.4, -0.2) is 30.7 Å². The van der Waals surface area contributed by atoms with Crippen LogP contribution < -0.4 is 9.92 Å². The van der Waals surface area contributed by atoms with Crippen LogP contribution in [0.4, 0.5) is 4.79 Å². The van der Waals surface area contributed by atoms with E-state index in [4.69, 9.17) is 37.9 Å². The Morgan fingerprint density at radius 1 is 1.27 bits per heavy atom. The third kappa shape index (κ3) is 5.59. The van der Waals surface area contributed by atoms with Gasteiger partial charge < -0.3 is 19.2 Å². The lowest BCUT2D eigenvalue weighted by atomic mass is 10.1. The zero-order valence-electron chi connectivity index (χ0n) is 16.6. The number of carbonyl (C=O) groups is 1. The Labute approximate surface area is 185 Å². The smallest absolute Gasteiger partial charge is 0.404 e. The van der Waals surface area contributed by atoms with Gasteiger partial charge in [0.05, 0.1) is 5.69 Å². The molecule has 1 saturated carbocycles. The molecule has 11 heteroatoms. The SMILES string of the molecule is CC(C)c1nc(CCOC(N)=O)n(CC2CC2)c1S(=O)(=O)Oc1cc(Cl)cc(Cl)c1. The van der Waals surface area contributed by atoms with Gasteiger partial charge in [0.2, 0.25) is 0 Å². The maximum atomic E-state index is 13.3. The number of carbonyl (C=O) groups excluding carboxylic acids is 1. The highest BCUT2D eigenvalue weighted by molar-refractivity contribution is 7.87. The van der Waals surface area contributed by atoms with Gasteiger partial charge in [-0.15, -0.1) is 0 Å².